The number of aliphatic hydroxyl groups is 1. The Kier molecular flexibility index (Phi) is 4.18. The molecular formula is C9H18N2O2. The number of carbonyl (C=O) groups is 1. The summed E-state index contributed by atoms with van der Waals surface area (Å²) < 4.78 is 0. The van der Waals surface area contributed by atoms with Crippen molar-refractivity contribution in [1.29, 1.82) is 0 Å². The molecule has 0 radical (unpaired) electrons. The van der Waals surface area contributed by atoms with Crippen molar-refractivity contribution >= 4 is 5.91 Å². The molecule has 1 rings (SSSR count). The highest BCUT2D eigenvalue weighted by molar-refractivity contribution is 5.76. The summed E-state index contributed by atoms with van der Waals surface area (Å²) in [6.07, 6.45) is 2.41. The number of amides is 1. The van der Waals surface area contributed by atoms with Gasteiger partial charge in [-0.2, -0.15) is 0 Å². The summed E-state index contributed by atoms with van der Waals surface area (Å²) in [5.74, 6) is 0.525. The molecule has 0 bridgehead atoms. The van der Waals surface area contributed by atoms with Crippen LogP contribution in [0.2, 0.25) is 0 Å². The second-order valence-electron chi connectivity index (χ2n) is 3.59. The number of nitrogens with two attached hydrogens (primary N) is 1. The number of carbonyl (C=O) groups excluding carboxylic acids is 1. The van der Waals surface area contributed by atoms with Crippen LogP contribution in [0.25, 0.3) is 0 Å². The van der Waals surface area contributed by atoms with Crippen molar-refractivity contribution in [2.24, 2.45) is 11.7 Å². The number of aliphatic hydroxyl groups excluding tert-OH is 1. The molecule has 1 saturated heterocycles. The number of hydrogen-bond acceptors (Lipinski definition) is 3. The predicted octanol–water partition coefficient (Wildman–Crippen LogP) is -0.434. The average molecular weight is 186 g/mol. The molecule has 1 aliphatic rings. The maximum atomic E-state index is 11.4. The molecular weight excluding hydrogens is 168 g/mol. The summed E-state index contributed by atoms with van der Waals surface area (Å²) in [5.41, 5.74) is 5.32. The van der Waals surface area contributed by atoms with Crippen LogP contribution in [-0.2, 0) is 4.79 Å². The minimum atomic E-state index is 0.201. The van der Waals surface area contributed by atoms with E-state index in [1.54, 1.807) is 4.90 Å². The number of likely N-dealkylation sites (tertiary alicyclic amines) is 1. The van der Waals surface area contributed by atoms with Gasteiger partial charge in [-0.05, 0) is 19.4 Å². The van der Waals surface area contributed by atoms with Crippen LogP contribution in [0.1, 0.15) is 19.3 Å². The fourth-order valence-electron chi connectivity index (χ4n) is 1.47. The zero-order valence-electron chi connectivity index (χ0n) is 7.91. The predicted molar refractivity (Wildman–Crippen MR) is 50.1 cm³/mol. The first-order valence-electron chi connectivity index (χ1n) is 4.86. The normalized spacial score (nSPS) is 17.2. The van der Waals surface area contributed by atoms with Crippen molar-refractivity contribution in [1.82, 2.24) is 4.90 Å². The van der Waals surface area contributed by atoms with Crippen LogP contribution < -0.4 is 5.73 Å². The summed E-state index contributed by atoms with van der Waals surface area (Å²) in [6, 6.07) is 0. The molecule has 1 amide bonds. The summed E-state index contributed by atoms with van der Waals surface area (Å²) in [7, 11) is 0. The fraction of sp³-hybridized carbons (Fsp3) is 0.889. The second-order valence-corrected chi connectivity index (χ2v) is 3.59. The van der Waals surface area contributed by atoms with Gasteiger partial charge < -0.3 is 15.7 Å². The van der Waals surface area contributed by atoms with Crippen molar-refractivity contribution in [2.75, 3.05) is 26.2 Å². The zero-order valence-corrected chi connectivity index (χ0v) is 7.91. The number of unbranched alkanes of at least 4 members (excludes halogenated alkanes) is 1. The average Bonchev–Trinajstić information content (AvgIpc) is 2.03. The Morgan fingerprint density at radius 1 is 1.46 bits per heavy atom. The van der Waals surface area contributed by atoms with E-state index in [-0.39, 0.29) is 12.5 Å². The van der Waals surface area contributed by atoms with Crippen LogP contribution >= 0.6 is 0 Å². The molecule has 0 aromatic carbocycles. The van der Waals surface area contributed by atoms with Crippen LogP contribution in [0.15, 0.2) is 0 Å². The number of hydrogen-bond donors (Lipinski definition) is 2. The van der Waals surface area contributed by atoms with E-state index < -0.39 is 0 Å². The molecule has 1 fully saturated rings. The molecule has 76 valence electrons. The van der Waals surface area contributed by atoms with E-state index in [4.69, 9.17) is 10.8 Å². The summed E-state index contributed by atoms with van der Waals surface area (Å²) >= 11 is 0. The van der Waals surface area contributed by atoms with Gasteiger partial charge in [0.15, 0.2) is 0 Å². The molecule has 1 heterocycles. The minimum Gasteiger partial charge on any atom is -0.396 e. The first kappa shape index (κ1) is 10.5. The van der Waals surface area contributed by atoms with Gasteiger partial charge in [0.2, 0.25) is 5.91 Å². The lowest BCUT2D eigenvalue weighted by Crippen LogP contribution is -2.51. The van der Waals surface area contributed by atoms with E-state index in [1.807, 2.05) is 0 Å². The molecule has 4 nitrogen and oxygen atoms in total. The highest BCUT2D eigenvalue weighted by Crippen LogP contribution is 2.16. The largest absolute Gasteiger partial charge is 0.396 e. The van der Waals surface area contributed by atoms with E-state index >= 15 is 0 Å². The lowest BCUT2D eigenvalue weighted by atomic mass is 10.0. The van der Waals surface area contributed by atoms with E-state index in [0.29, 0.717) is 18.9 Å². The summed E-state index contributed by atoms with van der Waals surface area (Å²) in [4.78, 5) is 13.2. The van der Waals surface area contributed by atoms with Gasteiger partial charge in [0.25, 0.3) is 0 Å². The Bertz CT molecular complexity index is 167. The van der Waals surface area contributed by atoms with Crippen molar-refractivity contribution < 1.29 is 9.90 Å². The third-order valence-electron chi connectivity index (χ3n) is 2.41. The van der Waals surface area contributed by atoms with Gasteiger partial charge in [-0.15, -0.1) is 0 Å². The highest BCUT2D eigenvalue weighted by atomic mass is 16.3. The Morgan fingerprint density at radius 2 is 2.15 bits per heavy atom. The lowest BCUT2D eigenvalue weighted by Gasteiger charge is -2.38. The maximum Gasteiger partial charge on any atom is 0.222 e. The molecule has 0 aliphatic carbocycles. The molecule has 0 aromatic rings. The van der Waals surface area contributed by atoms with Gasteiger partial charge in [0, 0.05) is 32.0 Å². The Labute approximate surface area is 78.7 Å². The molecule has 13 heavy (non-hydrogen) atoms. The third kappa shape index (κ3) is 2.97. The molecule has 0 saturated carbocycles. The number of nitrogens with zero attached hydrogens (tertiary/aromatic N) is 1. The van der Waals surface area contributed by atoms with E-state index in [9.17, 15) is 4.79 Å². The smallest absolute Gasteiger partial charge is 0.222 e. The van der Waals surface area contributed by atoms with Gasteiger partial charge in [0.05, 0.1) is 0 Å². The molecule has 0 aromatic heterocycles. The van der Waals surface area contributed by atoms with Crippen molar-refractivity contribution in [3.05, 3.63) is 0 Å². The van der Waals surface area contributed by atoms with E-state index in [2.05, 4.69) is 0 Å². The van der Waals surface area contributed by atoms with E-state index in [1.165, 1.54) is 0 Å². The SMILES string of the molecule is NCCCCC(=O)N1CC(CO)C1. The molecule has 3 N–H and O–H groups in total. The zero-order chi connectivity index (χ0) is 9.68. The molecule has 0 unspecified atom stereocenters. The van der Waals surface area contributed by atoms with Gasteiger partial charge in [-0.25, -0.2) is 0 Å². The van der Waals surface area contributed by atoms with Crippen LogP contribution in [0.3, 0.4) is 0 Å². The Balaban J connectivity index is 2.05. The lowest BCUT2D eigenvalue weighted by molar-refractivity contribution is -0.138. The minimum absolute atomic E-state index is 0.201. The van der Waals surface area contributed by atoms with Crippen molar-refractivity contribution in [2.45, 2.75) is 19.3 Å². The first-order valence-corrected chi connectivity index (χ1v) is 4.86. The van der Waals surface area contributed by atoms with Crippen LogP contribution in [0, 0.1) is 5.92 Å². The van der Waals surface area contributed by atoms with Gasteiger partial charge in [0.1, 0.15) is 0 Å². The maximum absolute atomic E-state index is 11.4. The van der Waals surface area contributed by atoms with Gasteiger partial charge in [-0.1, -0.05) is 0 Å². The third-order valence-corrected chi connectivity index (χ3v) is 2.41. The monoisotopic (exact) mass is 186 g/mol. The van der Waals surface area contributed by atoms with Crippen LogP contribution in [0.5, 0.6) is 0 Å². The van der Waals surface area contributed by atoms with Crippen LogP contribution in [0.4, 0.5) is 0 Å². The summed E-state index contributed by atoms with van der Waals surface area (Å²) in [6.45, 7) is 2.33. The second kappa shape index (κ2) is 5.19. The van der Waals surface area contributed by atoms with Crippen molar-refractivity contribution in [3.8, 4) is 0 Å². The molecule has 0 atom stereocenters. The Hall–Kier alpha value is -0.610. The van der Waals surface area contributed by atoms with Gasteiger partial charge in [-0.3, -0.25) is 4.79 Å². The highest BCUT2D eigenvalue weighted by Gasteiger charge is 2.28. The number of rotatable bonds is 5. The summed E-state index contributed by atoms with van der Waals surface area (Å²) in [5, 5.41) is 8.75. The van der Waals surface area contributed by atoms with Crippen LogP contribution in [-0.4, -0.2) is 42.2 Å². The van der Waals surface area contributed by atoms with Gasteiger partial charge >= 0.3 is 0 Å². The molecule has 4 heteroatoms. The first-order chi connectivity index (χ1) is 6.27. The quantitative estimate of drug-likeness (QED) is 0.572. The fourth-order valence-corrected chi connectivity index (χ4v) is 1.47. The van der Waals surface area contributed by atoms with Crippen molar-refractivity contribution in [3.63, 3.8) is 0 Å². The Morgan fingerprint density at radius 3 is 2.69 bits per heavy atom. The standard InChI is InChI=1S/C9H18N2O2/c10-4-2-1-3-9(13)11-5-8(6-11)7-12/h8,12H,1-7,10H2. The topological polar surface area (TPSA) is 66.6 Å². The molecule has 0 spiro atoms. The molecule has 1 aliphatic heterocycles. The van der Waals surface area contributed by atoms with E-state index in [0.717, 1.165) is 25.9 Å².